The van der Waals surface area contributed by atoms with Crippen molar-refractivity contribution in [3.8, 4) is 5.75 Å². The molecule has 0 saturated carbocycles. The summed E-state index contributed by atoms with van der Waals surface area (Å²) in [6, 6.07) is 18.8. The monoisotopic (exact) mass is 440 g/mol. The van der Waals surface area contributed by atoms with Crippen molar-refractivity contribution in [2.45, 2.75) is 23.6 Å². The lowest BCUT2D eigenvalue weighted by Gasteiger charge is -2.35. The minimum atomic E-state index is -4.19. The first-order valence-electron chi connectivity index (χ1n) is 9.90. The van der Waals surface area contributed by atoms with E-state index in [2.05, 4.69) is 0 Å². The van der Waals surface area contributed by atoms with Crippen LogP contribution in [0.25, 0.3) is 0 Å². The summed E-state index contributed by atoms with van der Waals surface area (Å²) < 4.78 is 30.9. The van der Waals surface area contributed by atoms with E-state index >= 15 is 0 Å². The molecule has 1 aliphatic rings. The van der Waals surface area contributed by atoms with Gasteiger partial charge in [0.05, 0.1) is 19.4 Å². The number of fused-ring (bicyclic) bond motifs is 1. The lowest BCUT2D eigenvalue weighted by Crippen LogP contribution is -2.48. The maximum absolute atomic E-state index is 13.1. The lowest BCUT2D eigenvalue weighted by molar-refractivity contribution is 0.103. The molecule has 0 saturated heterocycles. The number of aliphatic hydroxyl groups excluding tert-OH is 1. The van der Waals surface area contributed by atoms with Gasteiger partial charge >= 0.3 is 0 Å². The number of hydrogen-bond donors (Lipinski definition) is 2. The van der Waals surface area contributed by atoms with E-state index in [1.165, 1.54) is 0 Å². The molecule has 31 heavy (non-hydrogen) atoms. The van der Waals surface area contributed by atoms with Crippen molar-refractivity contribution in [1.29, 1.82) is 0 Å². The van der Waals surface area contributed by atoms with Crippen molar-refractivity contribution in [3.63, 3.8) is 0 Å². The van der Waals surface area contributed by atoms with Gasteiger partial charge in [-0.1, -0.05) is 30.3 Å². The summed E-state index contributed by atoms with van der Waals surface area (Å²) in [5.74, 6) is -0.104. The average Bonchev–Trinajstić information content (AvgIpc) is 3.37. The predicted octanol–water partition coefficient (Wildman–Crippen LogP) is 2.39. The Bertz CT molecular complexity index is 1200. The van der Waals surface area contributed by atoms with Crippen LogP contribution < -0.4 is 9.88 Å². The summed E-state index contributed by atoms with van der Waals surface area (Å²) in [4.78, 5) is 13.1. The summed E-state index contributed by atoms with van der Waals surface area (Å²) in [5.41, 5.74) is 2.08. The van der Waals surface area contributed by atoms with Crippen molar-refractivity contribution in [3.05, 3.63) is 89.2 Å². The SMILES string of the molecule is COc1ccc(C(=O)c2ccc3n2CCC3C(CO)(c2ccccc2)S(N)(=O)=O)cc1. The third-order valence-electron chi connectivity index (χ3n) is 6.17. The molecule has 162 valence electrons. The molecule has 7 nitrogen and oxygen atoms in total. The zero-order valence-electron chi connectivity index (χ0n) is 17.1. The Morgan fingerprint density at radius 2 is 1.81 bits per heavy atom. The number of carbonyl (C=O) groups excluding carboxylic acids is 1. The molecule has 2 aromatic carbocycles. The highest BCUT2D eigenvalue weighted by Crippen LogP contribution is 2.48. The van der Waals surface area contributed by atoms with Crippen molar-refractivity contribution >= 4 is 15.8 Å². The highest BCUT2D eigenvalue weighted by Gasteiger charge is 2.53. The molecule has 2 unspecified atom stereocenters. The number of aromatic nitrogens is 1. The molecule has 2 atom stereocenters. The maximum Gasteiger partial charge on any atom is 0.222 e. The second-order valence-electron chi connectivity index (χ2n) is 7.65. The quantitative estimate of drug-likeness (QED) is 0.548. The number of nitrogens with zero attached hydrogens (tertiary/aromatic N) is 1. The average molecular weight is 441 g/mol. The van der Waals surface area contributed by atoms with E-state index in [9.17, 15) is 18.3 Å². The zero-order chi connectivity index (χ0) is 22.2. The summed E-state index contributed by atoms with van der Waals surface area (Å²) in [7, 11) is -2.63. The Balaban J connectivity index is 1.78. The molecule has 1 aromatic heterocycles. The summed E-state index contributed by atoms with van der Waals surface area (Å²) >= 11 is 0. The number of nitrogens with two attached hydrogens (primary N) is 1. The molecule has 0 radical (unpaired) electrons. The van der Waals surface area contributed by atoms with Gasteiger partial charge in [-0.05, 0) is 48.4 Å². The normalized spacial score (nSPS) is 17.7. The molecule has 0 aliphatic carbocycles. The Kier molecular flexibility index (Phi) is 5.47. The molecule has 8 heteroatoms. The van der Waals surface area contributed by atoms with Crippen LogP contribution in [-0.2, 0) is 21.3 Å². The van der Waals surface area contributed by atoms with E-state index in [0.717, 1.165) is 0 Å². The van der Waals surface area contributed by atoms with Gasteiger partial charge in [-0.3, -0.25) is 4.79 Å². The first-order chi connectivity index (χ1) is 14.8. The maximum atomic E-state index is 13.1. The number of benzene rings is 2. The highest BCUT2D eigenvalue weighted by molar-refractivity contribution is 7.90. The third-order valence-corrected chi connectivity index (χ3v) is 7.83. The van der Waals surface area contributed by atoms with Gasteiger partial charge in [0.25, 0.3) is 0 Å². The predicted molar refractivity (Wildman–Crippen MR) is 117 cm³/mol. The minimum Gasteiger partial charge on any atom is -0.497 e. The molecular formula is C23H24N2O5S. The van der Waals surface area contributed by atoms with Gasteiger partial charge in [-0.2, -0.15) is 0 Å². The number of rotatable bonds is 7. The topological polar surface area (TPSA) is 112 Å². The fourth-order valence-corrected chi connectivity index (χ4v) is 5.86. The molecule has 4 rings (SSSR count). The Morgan fingerprint density at radius 1 is 1.13 bits per heavy atom. The molecular weight excluding hydrogens is 416 g/mol. The van der Waals surface area contributed by atoms with E-state index in [1.54, 1.807) is 73.8 Å². The number of carbonyl (C=O) groups is 1. The van der Waals surface area contributed by atoms with Crippen molar-refractivity contribution < 1.29 is 23.1 Å². The molecule has 3 aromatic rings. The van der Waals surface area contributed by atoms with Crippen molar-refractivity contribution in [1.82, 2.24) is 4.57 Å². The fourth-order valence-electron chi connectivity index (χ4n) is 4.58. The number of hydrogen-bond acceptors (Lipinski definition) is 5. The fraction of sp³-hybridized carbons (Fsp3) is 0.261. The van der Waals surface area contributed by atoms with E-state index in [4.69, 9.17) is 9.88 Å². The molecule has 1 aliphatic heterocycles. The van der Waals surface area contributed by atoms with Crippen LogP contribution in [-0.4, -0.2) is 37.6 Å². The Hall–Kier alpha value is -2.94. The smallest absolute Gasteiger partial charge is 0.222 e. The first-order valence-corrected chi connectivity index (χ1v) is 11.4. The van der Waals surface area contributed by atoms with Gasteiger partial charge in [-0.15, -0.1) is 0 Å². The summed E-state index contributed by atoms with van der Waals surface area (Å²) in [6.07, 6.45) is 0.435. The molecule has 3 N–H and O–H groups in total. The third kappa shape index (κ3) is 3.37. The van der Waals surface area contributed by atoms with Gasteiger partial charge in [0.15, 0.2) is 0 Å². The zero-order valence-corrected chi connectivity index (χ0v) is 17.9. The van der Waals surface area contributed by atoms with Crippen molar-refractivity contribution in [2.24, 2.45) is 5.14 Å². The summed E-state index contributed by atoms with van der Waals surface area (Å²) in [5, 5.41) is 16.1. The van der Waals surface area contributed by atoms with Gasteiger partial charge in [0.2, 0.25) is 15.8 Å². The van der Waals surface area contributed by atoms with E-state index in [-0.39, 0.29) is 5.78 Å². The first kappa shape index (κ1) is 21.3. The molecule has 0 bridgehead atoms. The minimum absolute atomic E-state index is 0.167. The molecule has 0 amide bonds. The second-order valence-corrected chi connectivity index (χ2v) is 9.47. The lowest BCUT2D eigenvalue weighted by atomic mass is 9.82. The Labute approximate surface area is 181 Å². The van der Waals surface area contributed by atoms with Gasteiger partial charge in [0.1, 0.15) is 10.5 Å². The standard InChI is InChI=1S/C23H24N2O5S/c1-30-18-9-7-16(8-10-18)22(27)21-12-11-20-19(13-14-25(20)21)23(15-26,31(24,28)29)17-5-3-2-4-6-17/h2-12,19,26H,13-15H2,1H3,(H2,24,28,29). The number of ketones is 1. The number of ether oxygens (including phenoxy) is 1. The number of sulfonamides is 1. The van der Waals surface area contributed by atoms with Gasteiger partial charge in [-0.25, -0.2) is 13.6 Å². The number of methoxy groups -OCH3 is 1. The summed E-state index contributed by atoms with van der Waals surface area (Å²) in [6.45, 7) is -0.207. The van der Waals surface area contributed by atoms with Crippen LogP contribution in [0.15, 0.2) is 66.7 Å². The Morgan fingerprint density at radius 3 is 2.39 bits per heavy atom. The largest absolute Gasteiger partial charge is 0.497 e. The number of aliphatic hydroxyl groups is 1. The van der Waals surface area contributed by atoms with Crippen molar-refractivity contribution in [2.75, 3.05) is 13.7 Å². The molecule has 2 heterocycles. The highest BCUT2D eigenvalue weighted by atomic mass is 32.2. The van der Waals surface area contributed by atoms with Gasteiger partial charge < -0.3 is 14.4 Å². The van der Waals surface area contributed by atoms with Crippen LogP contribution in [0, 0.1) is 0 Å². The molecule has 0 fully saturated rings. The van der Waals surface area contributed by atoms with Gasteiger partial charge in [0, 0.05) is 23.7 Å². The van der Waals surface area contributed by atoms with Crippen LogP contribution in [0.2, 0.25) is 0 Å². The van der Waals surface area contributed by atoms with E-state index < -0.39 is 27.3 Å². The van der Waals surface area contributed by atoms with Crippen LogP contribution in [0.4, 0.5) is 0 Å². The van der Waals surface area contributed by atoms with E-state index in [0.29, 0.717) is 41.2 Å². The van der Waals surface area contributed by atoms with Crippen LogP contribution >= 0.6 is 0 Å². The van der Waals surface area contributed by atoms with Crippen LogP contribution in [0.1, 0.15) is 39.6 Å². The number of primary sulfonamides is 1. The second kappa shape index (κ2) is 7.96. The van der Waals surface area contributed by atoms with Crippen LogP contribution in [0.5, 0.6) is 5.75 Å². The molecule has 0 spiro atoms. The van der Waals surface area contributed by atoms with E-state index in [1.807, 2.05) is 4.57 Å². The van der Waals surface area contributed by atoms with Crippen LogP contribution in [0.3, 0.4) is 0 Å².